The molecule has 4 heteroatoms. The Morgan fingerprint density at radius 2 is 1.64 bits per heavy atom. The van der Waals surface area contributed by atoms with Crippen molar-refractivity contribution >= 4 is 0 Å². The van der Waals surface area contributed by atoms with Crippen LogP contribution in [-0.4, -0.2) is 20.6 Å². The highest BCUT2D eigenvalue weighted by Gasteiger charge is 2.57. The maximum atomic E-state index is 4.29. The molecule has 0 amide bonds. The first-order valence-corrected chi connectivity index (χ1v) is 8.62. The third-order valence-electron chi connectivity index (χ3n) is 6.75. The van der Waals surface area contributed by atoms with E-state index in [-0.39, 0.29) is 5.41 Å². The summed E-state index contributed by atoms with van der Waals surface area (Å²) in [4.78, 5) is 0. The summed E-state index contributed by atoms with van der Waals surface area (Å²) in [6.45, 7) is 0. The van der Waals surface area contributed by atoms with Crippen LogP contribution in [0.3, 0.4) is 0 Å². The number of nitrogens with zero attached hydrogens (tertiary/aromatic N) is 3. The van der Waals surface area contributed by atoms with Crippen molar-refractivity contribution in [3.63, 3.8) is 0 Å². The molecule has 1 aromatic heterocycles. The topological polar surface area (TPSA) is 54.5 Å². The van der Waals surface area contributed by atoms with E-state index in [1.54, 1.807) is 0 Å². The molecule has 1 heterocycles. The van der Waals surface area contributed by atoms with Gasteiger partial charge in [0.05, 0.1) is 0 Å². The monoisotopic (exact) mass is 294 g/mol. The van der Waals surface area contributed by atoms with Gasteiger partial charge >= 0.3 is 0 Å². The number of benzene rings is 1. The highest BCUT2D eigenvalue weighted by atomic mass is 15.5. The van der Waals surface area contributed by atoms with E-state index in [0.29, 0.717) is 0 Å². The SMILES string of the molecule is c1ccc(C2(Cc3nn[nH]n3)C3CC4CC(C3)CC2C4)cc1. The first-order chi connectivity index (χ1) is 10.8. The first-order valence-electron chi connectivity index (χ1n) is 8.62. The van der Waals surface area contributed by atoms with Crippen LogP contribution in [-0.2, 0) is 11.8 Å². The molecule has 0 radical (unpaired) electrons. The molecule has 0 aliphatic heterocycles. The third-order valence-corrected chi connectivity index (χ3v) is 6.75. The normalized spacial score (nSPS) is 39.3. The lowest BCUT2D eigenvalue weighted by Gasteiger charge is -2.61. The van der Waals surface area contributed by atoms with Gasteiger partial charge in [0.1, 0.15) is 0 Å². The van der Waals surface area contributed by atoms with Gasteiger partial charge in [0.15, 0.2) is 5.82 Å². The summed E-state index contributed by atoms with van der Waals surface area (Å²) >= 11 is 0. The quantitative estimate of drug-likeness (QED) is 0.946. The minimum absolute atomic E-state index is 0.235. The average Bonchev–Trinajstić information content (AvgIpc) is 3.04. The summed E-state index contributed by atoms with van der Waals surface area (Å²) in [7, 11) is 0. The van der Waals surface area contributed by atoms with Crippen molar-refractivity contribution in [1.82, 2.24) is 20.6 Å². The highest BCUT2D eigenvalue weighted by molar-refractivity contribution is 5.32. The number of aromatic nitrogens is 4. The van der Waals surface area contributed by atoms with Crippen molar-refractivity contribution in [3.05, 3.63) is 41.7 Å². The van der Waals surface area contributed by atoms with Gasteiger partial charge in [-0.3, -0.25) is 0 Å². The van der Waals surface area contributed by atoms with Gasteiger partial charge in [0.2, 0.25) is 0 Å². The Bertz CT molecular complexity index is 621. The molecule has 4 fully saturated rings. The number of nitrogens with one attached hydrogen (secondary N) is 1. The summed E-state index contributed by atoms with van der Waals surface area (Å²) in [6, 6.07) is 11.2. The average molecular weight is 294 g/mol. The standard InChI is InChI=1S/C18H22N4/c1-2-4-14(5-3-1)18(11-17-19-21-22-20-17)15-7-12-6-13(9-15)10-16(18)8-12/h1-5,12-13,15-16H,6-11H2,(H,19,20,21,22). The van der Waals surface area contributed by atoms with Gasteiger partial charge < -0.3 is 0 Å². The number of aromatic amines is 1. The van der Waals surface area contributed by atoms with E-state index in [1.807, 2.05) is 0 Å². The smallest absolute Gasteiger partial charge is 0.175 e. The molecule has 4 aliphatic rings. The predicted molar refractivity (Wildman–Crippen MR) is 83.0 cm³/mol. The molecule has 0 atom stereocenters. The van der Waals surface area contributed by atoms with Crippen LogP contribution in [0.15, 0.2) is 30.3 Å². The van der Waals surface area contributed by atoms with Gasteiger partial charge in [-0.05, 0) is 61.3 Å². The van der Waals surface area contributed by atoms with Crippen molar-refractivity contribution in [2.45, 2.75) is 43.9 Å². The highest BCUT2D eigenvalue weighted by Crippen LogP contribution is 2.63. The summed E-state index contributed by atoms with van der Waals surface area (Å²) in [6.07, 6.45) is 8.04. The van der Waals surface area contributed by atoms with Crippen molar-refractivity contribution in [2.75, 3.05) is 0 Å². The lowest BCUT2D eigenvalue weighted by molar-refractivity contribution is -0.0619. The molecule has 0 unspecified atom stereocenters. The fraction of sp³-hybridized carbons (Fsp3) is 0.611. The van der Waals surface area contributed by atoms with E-state index in [2.05, 4.69) is 51.0 Å². The van der Waals surface area contributed by atoms with Crippen molar-refractivity contribution in [3.8, 4) is 0 Å². The first kappa shape index (κ1) is 12.8. The Morgan fingerprint density at radius 1 is 0.955 bits per heavy atom. The molecular weight excluding hydrogens is 272 g/mol. The van der Waals surface area contributed by atoms with Crippen LogP contribution in [0.4, 0.5) is 0 Å². The fourth-order valence-corrected chi connectivity index (χ4v) is 6.15. The lowest BCUT2D eigenvalue weighted by Crippen LogP contribution is -2.56. The zero-order chi connectivity index (χ0) is 14.6. The van der Waals surface area contributed by atoms with Gasteiger partial charge in [-0.15, -0.1) is 10.2 Å². The largest absolute Gasteiger partial charge is 0.177 e. The second kappa shape index (κ2) is 4.64. The van der Waals surface area contributed by atoms with Gasteiger partial charge in [0.25, 0.3) is 0 Å². The van der Waals surface area contributed by atoms with E-state index >= 15 is 0 Å². The Labute approximate surface area is 130 Å². The van der Waals surface area contributed by atoms with Crippen molar-refractivity contribution in [1.29, 1.82) is 0 Å². The van der Waals surface area contributed by atoms with Gasteiger partial charge in [0, 0.05) is 11.8 Å². The second-order valence-electron chi connectivity index (χ2n) is 7.72. The Balaban J connectivity index is 1.63. The van der Waals surface area contributed by atoms with Crippen LogP contribution in [0, 0.1) is 23.7 Å². The van der Waals surface area contributed by atoms with Gasteiger partial charge in [-0.1, -0.05) is 35.5 Å². The van der Waals surface area contributed by atoms with Crippen molar-refractivity contribution in [2.24, 2.45) is 23.7 Å². The number of rotatable bonds is 3. The fourth-order valence-electron chi connectivity index (χ4n) is 6.15. The van der Waals surface area contributed by atoms with E-state index < -0.39 is 0 Å². The molecule has 4 saturated carbocycles. The zero-order valence-electron chi connectivity index (χ0n) is 12.8. The molecule has 4 aliphatic carbocycles. The Morgan fingerprint density at radius 3 is 2.23 bits per heavy atom. The van der Waals surface area contributed by atoms with E-state index in [9.17, 15) is 0 Å². The predicted octanol–water partition coefficient (Wildman–Crippen LogP) is 3.14. The molecule has 22 heavy (non-hydrogen) atoms. The van der Waals surface area contributed by atoms with Gasteiger partial charge in [-0.2, -0.15) is 5.21 Å². The van der Waals surface area contributed by atoms with E-state index in [4.69, 9.17) is 0 Å². The molecule has 4 nitrogen and oxygen atoms in total. The second-order valence-corrected chi connectivity index (χ2v) is 7.72. The van der Waals surface area contributed by atoms with Crippen LogP contribution < -0.4 is 0 Å². The van der Waals surface area contributed by atoms with Crippen LogP contribution in [0.25, 0.3) is 0 Å². The number of hydrogen-bond donors (Lipinski definition) is 1. The molecular formula is C18H22N4. The van der Waals surface area contributed by atoms with Crippen LogP contribution in [0.5, 0.6) is 0 Å². The maximum absolute atomic E-state index is 4.29. The summed E-state index contributed by atoms with van der Waals surface area (Å²) < 4.78 is 0. The Hall–Kier alpha value is -1.71. The summed E-state index contributed by atoms with van der Waals surface area (Å²) in [5.74, 6) is 4.43. The van der Waals surface area contributed by atoms with E-state index in [1.165, 1.54) is 37.7 Å². The van der Waals surface area contributed by atoms with Crippen LogP contribution >= 0.6 is 0 Å². The number of tetrazole rings is 1. The maximum Gasteiger partial charge on any atom is 0.175 e. The third kappa shape index (κ3) is 1.73. The zero-order valence-corrected chi connectivity index (χ0v) is 12.8. The lowest BCUT2D eigenvalue weighted by atomic mass is 9.43. The molecule has 1 N–H and O–H groups in total. The van der Waals surface area contributed by atoms with Gasteiger partial charge in [-0.25, -0.2) is 0 Å². The summed E-state index contributed by atoms with van der Waals surface area (Å²) in [5, 5.41) is 15.0. The van der Waals surface area contributed by atoms with Crippen molar-refractivity contribution < 1.29 is 0 Å². The summed E-state index contributed by atoms with van der Waals surface area (Å²) in [5.41, 5.74) is 1.74. The molecule has 6 rings (SSSR count). The molecule has 4 bridgehead atoms. The van der Waals surface area contributed by atoms with Crippen LogP contribution in [0.2, 0.25) is 0 Å². The molecule has 0 saturated heterocycles. The van der Waals surface area contributed by atoms with Crippen LogP contribution in [0.1, 0.15) is 43.5 Å². The number of H-pyrrole nitrogens is 1. The Kier molecular flexibility index (Phi) is 2.70. The molecule has 1 aromatic carbocycles. The minimum Gasteiger partial charge on any atom is -0.177 e. The molecule has 0 spiro atoms. The molecule has 2 aromatic rings. The molecule has 114 valence electrons. The minimum atomic E-state index is 0.235. The van der Waals surface area contributed by atoms with E-state index in [0.717, 1.165) is 35.9 Å². The number of hydrogen-bond acceptors (Lipinski definition) is 3.